The van der Waals surface area contributed by atoms with E-state index in [2.05, 4.69) is 58.8 Å². The molecule has 1 aromatic carbocycles. The molecule has 0 aliphatic rings. The van der Waals surface area contributed by atoms with Crippen LogP contribution in [-0.4, -0.2) is 29.9 Å². The fraction of sp³-hybridized carbons (Fsp3) is 0.727. The van der Waals surface area contributed by atoms with Crippen LogP contribution < -0.4 is 0 Å². The van der Waals surface area contributed by atoms with E-state index in [4.69, 9.17) is 0 Å². The molecule has 0 fully saturated rings. The summed E-state index contributed by atoms with van der Waals surface area (Å²) >= 11 is 1.82. The van der Waals surface area contributed by atoms with Gasteiger partial charge in [-0.2, -0.15) is 0 Å². The Morgan fingerprint density at radius 3 is 2.12 bits per heavy atom. The molecule has 1 aromatic rings. The Kier molecular flexibility index (Phi) is 9.96. The van der Waals surface area contributed by atoms with E-state index in [1.165, 1.54) is 50.5 Å². The van der Waals surface area contributed by atoms with Crippen LogP contribution >= 0.6 is 11.8 Å². The van der Waals surface area contributed by atoms with E-state index in [9.17, 15) is 5.11 Å². The summed E-state index contributed by atoms with van der Waals surface area (Å²) in [6.07, 6.45) is 9.33. The van der Waals surface area contributed by atoms with Crippen LogP contribution in [0.3, 0.4) is 0 Å². The summed E-state index contributed by atoms with van der Waals surface area (Å²) < 4.78 is 0. The summed E-state index contributed by atoms with van der Waals surface area (Å²) in [5.74, 6) is 1.57. The Morgan fingerprint density at radius 1 is 0.960 bits per heavy atom. The summed E-state index contributed by atoms with van der Waals surface area (Å²) in [5.41, 5.74) is 2.45. The lowest BCUT2D eigenvalue weighted by Crippen LogP contribution is -2.15. The normalized spacial score (nSPS) is 12.1. The van der Waals surface area contributed by atoms with Crippen LogP contribution in [0.1, 0.15) is 83.8 Å². The number of rotatable bonds is 11. The Morgan fingerprint density at radius 2 is 1.56 bits per heavy atom. The number of unbranched alkanes of at least 4 members (excludes halogenated alkanes) is 6. The molecule has 2 nitrogen and oxygen atoms in total. The molecule has 144 valence electrons. The lowest BCUT2D eigenvalue weighted by molar-refractivity contribution is 0.381. The maximum atomic E-state index is 10.7. The van der Waals surface area contributed by atoms with Gasteiger partial charge in [0.15, 0.2) is 0 Å². The van der Waals surface area contributed by atoms with Gasteiger partial charge in [0.05, 0.1) is 0 Å². The third-order valence-corrected chi connectivity index (χ3v) is 5.63. The van der Waals surface area contributed by atoms with Crippen LogP contribution in [0, 0.1) is 0 Å². The van der Waals surface area contributed by atoms with Gasteiger partial charge >= 0.3 is 0 Å². The maximum Gasteiger partial charge on any atom is 0.133 e. The van der Waals surface area contributed by atoms with Crippen molar-refractivity contribution in [3.63, 3.8) is 0 Å². The molecule has 0 aliphatic carbocycles. The topological polar surface area (TPSA) is 23.5 Å². The average molecular weight is 366 g/mol. The highest BCUT2D eigenvalue weighted by Crippen LogP contribution is 2.37. The smallest absolute Gasteiger partial charge is 0.133 e. The van der Waals surface area contributed by atoms with Crippen molar-refractivity contribution >= 4 is 11.8 Å². The molecule has 1 N–H and O–H groups in total. The Bertz CT molecular complexity index is 505. The minimum absolute atomic E-state index is 0.101. The third kappa shape index (κ3) is 8.50. The number of thioether (sulfide) groups is 1. The van der Waals surface area contributed by atoms with Gasteiger partial charge < -0.3 is 10.0 Å². The summed E-state index contributed by atoms with van der Waals surface area (Å²) in [6.45, 7) is 9.76. The van der Waals surface area contributed by atoms with Crippen molar-refractivity contribution in [2.45, 2.75) is 89.5 Å². The number of aromatic hydroxyl groups is 1. The molecule has 0 saturated carbocycles. The first-order valence-corrected chi connectivity index (χ1v) is 10.9. The van der Waals surface area contributed by atoms with Gasteiger partial charge in [0, 0.05) is 17.0 Å². The van der Waals surface area contributed by atoms with Crippen molar-refractivity contribution in [2.24, 2.45) is 0 Å². The van der Waals surface area contributed by atoms with Crippen LogP contribution in [0.5, 0.6) is 5.75 Å². The fourth-order valence-electron chi connectivity index (χ4n) is 2.91. The van der Waals surface area contributed by atoms with Crippen molar-refractivity contribution in [2.75, 3.05) is 19.8 Å². The van der Waals surface area contributed by atoms with Gasteiger partial charge in [-0.15, -0.1) is 11.8 Å². The molecule has 0 amide bonds. The summed E-state index contributed by atoms with van der Waals surface area (Å²) in [7, 11) is 4.10. The fourth-order valence-corrected chi connectivity index (χ4v) is 3.96. The average Bonchev–Trinajstić information content (AvgIpc) is 2.51. The summed E-state index contributed by atoms with van der Waals surface area (Å²) in [4.78, 5) is 3.17. The van der Waals surface area contributed by atoms with Crippen molar-refractivity contribution in [1.29, 1.82) is 0 Å². The van der Waals surface area contributed by atoms with E-state index < -0.39 is 0 Å². The first-order chi connectivity index (χ1) is 11.8. The van der Waals surface area contributed by atoms with Crippen molar-refractivity contribution in [3.8, 4) is 5.75 Å². The zero-order chi connectivity index (χ0) is 18.9. The Hall–Kier alpha value is -0.670. The first-order valence-electron chi connectivity index (χ1n) is 9.89. The molecular formula is C22H39NOS. The number of nitrogens with zero attached hydrogens (tertiary/aromatic N) is 1. The van der Waals surface area contributed by atoms with E-state index in [0.29, 0.717) is 5.75 Å². The second-order valence-corrected chi connectivity index (χ2v) is 9.58. The number of hydrogen-bond donors (Lipinski definition) is 1. The van der Waals surface area contributed by atoms with Crippen LogP contribution in [0.4, 0.5) is 0 Å². The van der Waals surface area contributed by atoms with E-state index in [0.717, 1.165) is 22.8 Å². The van der Waals surface area contributed by atoms with E-state index >= 15 is 0 Å². The molecule has 0 spiro atoms. The molecule has 0 bridgehead atoms. The lowest BCUT2D eigenvalue weighted by atomic mass is 9.86. The van der Waals surface area contributed by atoms with Crippen molar-refractivity contribution in [1.82, 2.24) is 4.90 Å². The molecule has 0 aliphatic heterocycles. The lowest BCUT2D eigenvalue weighted by Gasteiger charge is -2.23. The minimum Gasteiger partial charge on any atom is -0.506 e. The zero-order valence-electron chi connectivity index (χ0n) is 17.3. The predicted octanol–water partition coefficient (Wildman–Crippen LogP) is 6.59. The van der Waals surface area contributed by atoms with E-state index in [1.807, 2.05) is 11.8 Å². The van der Waals surface area contributed by atoms with Crippen LogP contribution in [0.25, 0.3) is 0 Å². The largest absolute Gasteiger partial charge is 0.506 e. The highest BCUT2D eigenvalue weighted by Gasteiger charge is 2.19. The molecule has 0 aromatic heterocycles. The number of benzene rings is 1. The molecule has 0 unspecified atom stereocenters. The monoisotopic (exact) mass is 365 g/mol. The number of hydrogen-bond acceptors (Lipinski definition) is 3. The molecule has 25 heavy (non-hydrogen) atoms. The van der Waals surface area contributed by atoms with Crippen LogP contribution in [0.15, 0.2) is 17.0 Å². The van der Waals surface area contributed by atoms with Gasteiger partial charge in [0.2, 0.25) is 0 Å². The maximum absolute atomic E-state index is 10.7. The highest BCUT2D eigenvalue weighted by molar-refractivity contribution is 7.99. The zero-order valence-corrected chi connectivity index (χ0v) is 18.1. The number of phenols is 1. The first kappa shape index (κ1) is 22.4. The van der Waals surface area contributed by atoms with Crippen LogP contribution in [-0.2, 0) is 12.0 Å². The molecule has 1 rings (SSSR count). The molecule has 3 heteroatoms. The minimum atomic E-state index is 0.101. The van der Waals surface area contributed by atoms with Gasteiger partial charge in [0.25, 0.3) is 0 Å². The molecular weight excluding hydrogens is 326 g/mol. The van der Waals surface area contributed by atoms with E-state index in [-0.39, 0.29) is 5.41 Å². The quantitative estimate of drug-likeness (QED) is 0.353. The van der Waals surface area contributed by atoms with Gasteiger partial charge in [-0.1, -0.05) is 72.3 Å². The summed E-state index contributed by atoms with van der Waals surface area (Å²) in [6, 6.07) is 4.37. The Balaban J connectivity index is 2.65. The molecule has 0 radical (unpaired) electrons. The predicted molar refractivity (Wildman–Crippen MR) is 113 cm³/mol. The van der Waals surface area contributed by atoms with E-state index in [1.54, 1.807) is 0 Å². The standard InChI is InChI=1S/C22H39NOS/c1-7-8-9-10-11-12-13-14-25-20-16-19(22(2,3)4)15-18(21(20)24)17-23(5)6/h15-16,24H,7-14,17H2,1-6H3. The van der Waals surface area contributed by atoms with Crippen molar-refractivity contribution < 1.29 is 5.11 Å². The number of phenolic OH excluding ortho intramolecular Hbond substituents is 1. The van der Waals surface area contributed by atoms with Gasteiger partial charge in [-0.25, -0.2) is 0 Å². The third-order valence-electron chi connectivity index (χ3n) is 4.51. The molecule has 0 heterocycles. The second kappa shape index (κ2) is 11.1. The Labute approximate surface area is 160 Å². The second-order valence-electron chi connectivity index (χ2n) is 8.44. The van der Waals surface area contributed by atoms with Gasteiger partial charge in [-0.05, 0) is 43.3 Å². The van der Waals surface area contributed by atoms with Crippen LogP contribution in [0.2, 0.25) is 0 Å². The molecule has 0 saturated heterocycles. The van der Waals surface area contributed by atoms with Gasteiger partial charge in [0.1, 0.15) is 5.75 Å². The van der Waals surface area contributed by atoms with Crippen molar-refractivity contribution in [3.05, 3.63) is 23.3 Å². The SMILES string of the molecule is CCCCCCCCCSc1cc(C(C)(C)C)cc(CN(C)C)c1O. The van der Waals surface area contributed by atoms with Gasteiger partial charge in [-0.3, -0.25) is 0 Å². The summed E-state index contributed by atoms with van der Waals surface area (Å²) in [5, 5.41) is 10.7. The molecule has 0 atom stereocenters. The highest BCUT2D eigenvalue weighted by atomic mass is 32.2.